The van der Waals surface area contributed by atoms with Gasteiger partial charge in [-0.1, -0.05) is 24.3 Å². The average Bonchev–Trinajstić information content (AvgIpc) is 2.75. The highest BCUT2D eigenvalue weighted by Crippen LogP contribution is 2.28. The molecule has 1 saturated carbocycles. The molecule has 0 bridgehead atoms. The molecule has 2 N–H and O–H groups in total. The largest absolute Gasteiger partial charge is 0.362 e. The number of aromatic nitrogens is 2. The van der Waals surface area contributed by atoms with Crippen LogP contribution in [0.3, 0.4) is 0 Å². The molecule has 1 unspecified atom stereocenters. The molecule has 2 aliphatic carbocycles. The zero-order chi connectivity index (χ0) is 20.1. The Bertz CT molecular complexity index is 823. The van der Waals surface area contributed by atoms with E-state index in [2.05, 4.69) is 39.8 Å². The Hall–Kier alpha value is -2.14. The summed E-state index contributed by atoms with van der Waals surface area (Å²) in [5, 5.41) is 8.47. The molecule has 2 aliphatic rings. The van der Waals surface area contributed by atoms with E-state index in [1.165, 1.54) is 58.0 Å². The van der Waals surface area contributed by atoms with Crippen LogP contribution in [0.1, 0.15) is 44.9 Å². The molecule has 0 radical (unpaired) electrons. The Kier molecular flexibility index (Phi) is 6.65. The van der Waals surface area contributed by atoms with Crippen molar-refractivity contribution in [2.45, 2.75) is 51.0 Å². The number of rotatable bonds is 7. The first-order valence-corrected chi connectivity index (χ1v) is 11.3. The first-order valence-electron chi connectivity index (χ1n) is 11.3. The minimum atomic E-state index is 0.478. The van der Waals surface area contributed by atoms with Crippen LogP contribution in [0.15, 0.2) is 36.4 Å². The third-order valence-corrected chi connectivity index (χ3v) is 6.43. The van der Waals surface area contributed by atoms with Crippen LogP contribution >= 0.6 is 0 Å². The Morgan fingerprint density at radius 3 is 2.48 bits per heavy atom. The van der Waals surface area contributed by atoms with E-state index in [1.54, 1.807) is 0 Å². The second-order valence-corrected chi connectivity index (χ2v) is 8.95. The van der Waals surface area contributed by atoms with Gasteiger partial charge in [0.25, 0.3) is 0 Å². The predicted octanol–water partition coefficient (Wildman–Crippen LogP) is 4.61. The maximum absolute atomic E-state index is 4.80. The quantitative estimate of drug-likeness (QED) is 0.673. The number of benzene rings is 1. The highest BCUT2D eigenvalue weighted by Gasteiger charge is 2.22. The lowest BCUT2D eigenvalue weighted by atomic mass is 9.86. The van der Waals surface area contributed by atoms with E-state index in [1.807, 2.05) is 26.2 Å². The Balaban J connectivity index is 1.28. The SMILES string of the molecule is CN(C)c1nc(N[C@H]2CC[C@@H](CNCC3CC=CCC3)CC2)nc2ccccc12. The van der Waals surface area contributed by atoms with Gasteiger partial charge < -0.3 is 15.5 Å². The van der Waals surface area contributed by atoms with Crippen molar-refractivity contribution in [1.29, 1.82) is 0 Å². The van der Waals surface area contributed by atoms with Crippen LogP contribution < -0.4 is 15.5 Å². The number of anilines is 2. The molecule has 29 heavy (non-hydrogen) atoms. The van der Waals surface area contributed by atoms with Crippen molar-refractivity contribution in [2.75, 3.05) is 37.4 Å². The van der Waals surface area contributed by atoms with Gasteiger partial charge in [-0.05, 0) is 82.0 Å². The van der Waals surface area contributed by atoms with Crippen molar-refractivity contribution in [3.05, 3.63) is 36.4 Å². The molecular weight excluding hydrogens is 358 g/mol. The molecule has 0 saturated heterocycles. The fourth-order valence-electron chi connectivity index (χ4n) is 4.69. The topological polar surface area (TPSA) is 53.1 Å². The number of fused-ring (bicyclic) bond motifs is 1. The van der Waals surface area contributed by atoms with Gasteiger partial charge in [-0.15, -0.1) is 0 Å². The number of hydrogen-bond donors (Lipinski definition) is 2. The smallest absolute Gasteiger partial charge is 0.225 e. The minimum absolute atomic E-state index is 0.478. The lowest BCUT2D eigenvalue weighted by Crippen LogP contribution is -2.33. The fraction of sp³-hybridized carbons (Fsp3) is 0.583. The van der Waals surface area contributed by atoms with Crippen LogP contribution in [-0.2, 0) is 0 Å². The molecule has 2 aromatic rings. The molecule has 156 valence electrons. The maximum atomic E-state index is 4.80. The van der Waals surface area contributed by atoms with Gasteiger partial charge in [0.15, 0.2) is 0 Å². The summed E-state index contributed by atoms with van der Waals surface area (Å²) >= 11 is 0. The first kappa shape index (κ1) is 20.1. The van der Waals surface area contributed by atoms with Crippen LogP contribution in [0, 0.1) is 11.8 Å². The molecule has 0 spiro atoms. The van der Waals surface area contributed by atoms with Crippen LogP contribution in [0.4, 0.5) is 11.8 Å². The summed E-state index contributed by atoms with van der Waals surface area (Å²) in [4.78, 5) is 11.6. The van der Waals surface area contributed by atoms with Crippen molar-refractivity contribution >= 4 is 22.7 Å². The standard InChI is InChI=1S/C24H35N5/c1-29(2)23-21-10-6-7-11-22(21)27-24(28-23)26-20-14-12-19(13-15-20)17-25-16-18-8-4-3-5-9-18/h3-4,6-7,10-11,18-20,25H,5,8-9,12-17H2,1-2H3,(H,26,27,28)/t18?,19-,20+. The molecular formula is C24H35N5. The molecule has 1 atom stereocenters. The van der Waals surface area contributed by atoms with Crippen molar-refractivity contribution in [3.8, 4) is 0 Å². The van der Waals surface area contributed by atoms with Crippen LogP contribution in [0.2, 0.25) is 0 Å². The Morgan fingerprint density at radius 2 is 1.72 bits per heavy atom. The summed E-state index contributed by atoms with van der Waals surface area (Å²) in [5.41, 5.74) is 1.00. The first-order chi connectivity index (χ1) is 14.2. The molecule has 1 heterocycles. The summed E-state index contributed by atoms with van der Waals surface area (Å²) in [6, 6.07) is 8.73. The number of allylic oxidation sites excluding steroid dienone is 2. The minimum Gasteiger partial charge on any atom is -0.362 e. The molecule has 1 fully saturated rings. The van der Waals surface area contributed by atoms with Gasteiger partial charge in [-0.25, -0.2) is 4.98 Å². The van der Waals surface area contributed by atoms with Gasteiger partial charge in [0.05, 0.1) is 5.52 Å². The molecule has 1 aromatic heterocycles. The van der Waals surface area contributed by atoms with Gasteiger partial charge in [0.1, 0.15) is 5.82 Å². The number of para-hydroxylation sites is 1. The van der Waals surface area contributed by atoms with Gasteiger partial charge in [0, 0.05) is 25.5 Å². The van der Waals surface area contributed by atoms with Gasteiger partial charge in [-0.2, -0.15) is 4.98 Å². The molecule has 4 rings (SSSR count). The predicted molar refractivity (Wildman–Crippen MR) is 123 cm³/mol. The lowest BCUT2D eigenvalue weighted by molar-refractivity contribution is 0.313. The van der Waals surface area contributed by atoms with Crippen molar-refractivity contribution in [1.82, 2.24) is 15.3 Å². The average molecular weight is 394 g/mol. The van der Waals surface area contributed by atoms with Crippen LogP contribution in [0.5, 0.6) is 0 Å². The molecule has 1 aromatic carbocycles. The van der Waals surface area contributed by atoms with E-state index in [-0.39, 0.29) is 0 Å². The van der Waals surface area contributed by atoms with Crippen molar-refractivity contribution < 1.29 is 0 Å². The van der Waals surface area contributed by atoms with E-state index in [9.17, 15) is 0 Å². The maximum Gasteiger partial charge on any atom is 0.225 e. The monoisotopic (exact) mass is 393 g/mol. The van der Waals surface area contributed by atoms with E-state index in [0.717, 1.165) is 34.5 Å². The van der Waals surface area contributed by atoms with Gasteiger partial charge in [0.2, 0.25) is 5.95 Å². The van der Waals surface area contributed by atoms with Crippen molar-refractivity contribution in [2.24, 2.45) is 11.8 Å². The van der Waals surface area contributed by atoms with E-state index in [0.29, 0.717) is 6.04 Å². The van der Waals surface area contributed by atoms with Crippen LogP contribution in [0.25, 0.3) is 10.9 Å². The summed E-state index contributed by atoms with van der Waals surface area (Å²) in [5.74, 6) is 3.39. The number of nitrogens with one attached hydrogen (secondary N) is 2. The Labute approximate surface area is 175 Å². The van der Waals surface area contributed by atoms with E-state index in [4.69, 9.17) is 9.97 Å². The van der Waals surface area contributed by atoms with Gasteiger partial charge >= 0.3 is 0 Å². The fourth-order valence-corrected chi connectivity index (χ4v) is 4.69. The highest BCUT2D eigenvalue weighted by molar-refractivity contribution is 5.90. The summed E-state index contributed by atoms with van der Waals surface area (Å²) in [6.45, 7) is 2.35. The normalized spacial score (nSPS) is 24.6. The third kappa shape index (κ3) is 5.27. The lowest BCUT2D eigenvalue weighted by Gasteiger charge is -2.30. The zero-order valence-electron chi connectivity index (χ0n) is 17.9. The van der Waals surface area contributed by atoms with Gasteiger partial charge in [-0.3, -0.25) is 0 Å². The third-order valence-electron chi connectivity index (χ3n) is 6.43. The second kappa shape index (κ2) is 9.57. The summed E-state index contributed by atoms with van der Waals surface area (Å²) in [7, 11) is 4.08. The molecule has 0 aliphatic heterocycles. The summed E-state index contributed by atoms with van der Waals surface area (Å²) in [6.07, 6.45) is 13.5. The van der Waals surface area contributed by atoms with E-state index >= 15 is 0 Å². The highest BCUT2D eigenvalue weighted by atomic mass is 15.2. The Morgan fingerprint density at radius 1 is 0.931 bits per heavy atom. The number of hydrogen-bond acceptors (Lipinski definition) is 5. The summed E-state index contributed by atoms with van der Waals surface area (Å²) < 4.78 is 0. The molecule has 0 amide bonds. The van der Waals surface area contributed by atoms with Crippen LogP contribution in [-0.4, -0.2) is 43.2 Å². The molecule has 5 nitrogen and oxygen atoms in total. The zero-order valence-corrected chi connectivity index (χ0v) is 17.9. The second-order valence-electron chi connectivity index (χ2n) is 8.95. The van der Waals surface area contributed by atoms with E-state index < -0.39 is 0 Å². The molecule has 5 heteroatoms. The number of nitrogens with zero attached hydrogens (tertiary/aromatic N) is 3. The van der Waals surface area contributed by atoms with Crippen molar-refractivity contribution in [3.63, 3.8) is 0 Å².